The lowest BCUT2D eigenvalue weighted by Crippen LogP contribution is -2.24. The van der Waals surface area contributed by atoms with Gasteiger partial charge < -0.3 is 10.8 Å². The van der Waals surface area contributed by atoms with E-state index in [1.54, 1.807) is 6.07 Å². The highest BCUT2D eigenvalue weighted by Gasteiger charge is 2.13. The van der Waals surface area contributed by atoms with E-state index in [4.69, 9.17) is 17.3 Å². The van der Waals surface area contributed by atoms with Crippen molar-refractivity contribution in [3.63, 3.8) is 0 Å². The van der Waals surface area contributed by atoms with Gasteiger partial charge in [0.1, 0.15) is 0 Å². The number of halogens is 1. The molecule has 2 aromatic rings. The van der Waals surface area contributed by atoms with E-state index in [-0.39, 0.29) is 0 Å². The number of rotatable bonds is 5. The molecule has 0 spiro atoms. The largest absolute Gasteiger partial charge is 0.398 e. The minimum atomic E-state index is -0.597. The Labute approximate surface area is 124 Å². The fraction of sp³-hybridized carbons (Fsp3) is 0.250. The van der Waals surface area contributed by atoms with Crippen LogP contribution in [0.25, 0.3) is 0 Å². The molecule has 0 radical (unpaired) electrons. The van der Waals surface area contributed by atoms with E-state index in [2.05, 4.69) is 0 Å². The zero-order valence-electron chi connectivity index (χ0n) is 11.5. The number of para-hydroxylation sites is 1. The summed E-state index contributed by atoms with van der Waals surface area (Å²) in [7, 11) is 1.96. The first-order valence-corrected chi connectivity index (χ1v) is 6.89. The Morgan fingerprint density at radius 1 is 1.20 bits per heavy atom. The molecule has 0 fully saturated rings. The van der Waals surface area contributed by atoms with Gasteiger partial charge in [0.25, 0.3) is 0 Å². The summed E-state index contributed by atoms with van der Waals surface area (Å²) in [6, 6.07) is 15.1. The smallest absolute Gasteiger partial charge is 0.0936 e. The highest BCUT2D eigenvalue weighted by molar-refractivity contribution is 6.30. The van der Waals surface area contributed by atoms with Gasteiger partial charge in [-0.15, -0.1) is 0 Å². The van der Waals surface area contributed by atoms with E-state index in [0.717, 1.165) is 22.7 Å². The van der Waals surface area contributed by atoms with Gasteiger partial charge in [-0.25, -0.2) is 0 Å². The van der Waals surface area contributed by atoms with Crippen LogP contribution in [0.4, 0.5) is 5.69 Å². The van der Waals surface area contributed by atoms with E-state index < -0.39 is 6.10 Å². The number of likely N-dealkylation sites (N-methyl/N-ethyl adjacent to an activating group) is 1. The molecular weight excluding hydrogens is 272 g/mol. The van der Waals surface area contributed by atoms with Crippen LogP contribution in [0.3, 0.4) is 0 Å². The second-order valence-corrected chi connectivity index (χ2v) is 5.41. The maximum absolute atomic E-state index is 10.3. The molecular formula is C16H19ClN2O. The Bertz CT molecular complexity index is 574. The quantitative estimate of drug-likeness (QED) is 0.832. The van der Waals surface area contributed by atoms with Crippen LogP contribution in [0.5, 0.6) is 0 Å². The lowest BCUT2D eigenvalue weighted by Gasteiger charge is -2.21. The Hall–Kier alpha value is -1.55. The molecule has 106 valence electrons. The van der Waals surface area contributed by atoms with Gasteiger partial charge in [-0.2, -0.15) is 0 Å². The van der Waals surface area contributed by atoms with Gasteiger partial charge in [0.2, 0.25) is 0 Å². The minimum Gasteiger partial charge on any atom is -0.398 e. The second kappa shape index (κ2) is 6.75. The number of aliphatic hydroxyl groups excluding tert-OH is 1. The molecule has 0 aromatic heterocycles. The van der Waals surface area contributed by atoms with Crippen LogP contribution in [0.15, 0.2) is 48.5 Å². The van der Waals surface area contributed by atoms with Crippen LogP contribution in [0, 0.1) is 0 Å². The molecule has 0 heterocycles. The minimum absolute atomic E-state index is 0.515. The zero-order valence-corrected chi connectivity index (χ0v) is 12.2. The molecule has 0 saturated heterocycles. The Kier molecular flexibility index (Phi) is 5.01. The fourth-order valence-electron chi connectivity index (χ4n) is 2.22. The van der Waals surface area contributed by atoms with Crippen molar-refractivity contribution in [2.75, 3.05) is 19.3 Å². The summed E-state index contributed by atoms with van der Waals surface area (Å²) in [6.45, 7) is 1.24. The maximum Gasteiger partial charge on any atom is 0.0936 e. The van der Waals surface area contributed by atoms with Crippen molar-refractivity contribution in [3.05, 3.63) is 64.7 Å². The first-order valence-electron chi connectivity index (χ1n) is 6.51. The Morgan fingerprint density at radius 3 is 2.65 bits per heavy atom. The maximum atomic E-state index is 10.3. The molecule has 2 aromatic carbocycles. The Balaban J connectivity index is 1.98. The summed E-state index contributed by atoms with van der Waals surface area (Å²) in [5.41, 5.74) is 8.38. The number of hydrogen-bond acceptors (Lipinski definition) is 3. The van der Waals surface area contributed by atoms with Gasteiger partial charge in [-0.05, 0) is 30.8 Å². The van der Waals surface area contributed by atoms with Crippen molar-refractivity contribution >= 4 is 17.3 Å². The lowest BCUT2D eigenvalue weighted by atomic mass is 10.1. The third-order valence-corrected chi connectivity index (χ3v) is 3.42. The van der Waals surface area contributed by atoms with Crippen LogP contribution >= 0.6 is 11.6 Å². The SMILES string of the molecule is CN(Cc1cccc(Cl)c1)CC(O)c1ccccc1N. The summed E-state index contributed by atoms with van der Waals surface area (Å²) in [5, 5.41) is 11.0. The number of benzene rings is 2. The third-order valence-electron chi connectivity index (χ3n) is 3.18. The Morgan fingerprint density at radius 2 is 1.95 bits per heavy atom. The number of aliphatic hydroxyl groups is 1. The number of hydrogen-bond donors (Lipinski definition) is 2. The topological polar surface area (TPSA) is 49.5 Å². The highest BCUT2D eigenvalue weighted by atomic mass is 35.5. The monoisotopic (exact) mass is 290 g/mol. The number of anilines is 1. The highest BCUT2D eigenvalue weighted by Crippen LogP contribution is 2.21. The summed E-state index contributed by atoms with van der Waals surface area (Å²) < 4.78 is 0. The molecule has 0 bridgehead atoms. The zero-order chi connectivity index (χ0) is 14.5. The van der Waals surface area contributed by atoms with Gasteiger partial charge in [0, 0.05) is 29.4 Å². The number of nitrogens with two attached hydrogens (primary N) is 1. The molecule has 0 saturated carbocycles. The van der Waals surface area contributed by atoms with E-state index in [9.17, 15) is 5.11 Å². The average molecular weight is 291 g/mol. The van der Waals surface area contributed by atoms with Crippen molar-refractivity contribution < 1.29 is 5.11 Å². The molecule has 2 rings (SSSR count). The molecule has 4 heteroatoms. The normalized spacial score (nSPS) is 12.6. The lowest BCUT2D eigenvalue weighted by molar-refractivity contribution is 0.124. The third kappa shape index (κ3) is 3.97. The van der Waals surface area contributed by atoms with E-state index >= 15 is 0 Å². The van der Waals surface area contributed by atoms with Crippen molar-refractivity contribution in [1.29, 1.82) is 0 Å². The van der Waals surface area contributed by atoms with E-state index in [1.165, 1.54) is 0 Å². The average Bonchev–Trinajstić information content (AvgIpc) is 2.38. The number of nitrogen functional groups attached to an aromatic ring is 1. The predicted octanol–water partition coefficient (Wildman–Crippen LogP) is 3.09. The molecule has 0 aliphatic rings. The van der Waals surface area contributed by atoms with Gasteiger partial charge in [0.15, 0.2) is 0 Å². The summed E-state index contributed by atoms with van der Waals surface area (Å²) in [6.07, 6.45) is -0.597. The molecule has 0 amide bonds. The van der Waals surface area contributed by atoms with Crippen molar-refractivity contribution in [1.82, 2.24) is 4.90 Å². The first-order chi connectivity index (χ1) is 9.56. The summed E-state index contributed by atoms with van der Waals surface area (Å²) in [5.74, 6) is 0. The van der Waals surface area contributed by atoms with Crippen LogP contribution in [0.2, 0.25) is 5.02 Å². The molecule has 1 atom stereocenters. The van der Waals surface area contributed by atoms with Crippen LogP contribution in [0.1, 0.15) is 17.2 Å². The van der Waals surface area contributed by atoms with Crippen molar-refractivity contribution in [3.8, 4) is 0 Å². The standard InChI is InChI=1S/C16H19ClN2O/c1-19(10-12-5-4-6-13(17)9-12)11-16(20)14-7-2-3-8-15(14)18/h2-9,16,20H,10-11,18H2,1H3. The van der Waals surface area contributed by atoms with Gasteiger partial charge in [-0.1, -0.05) is 41.9 Å². The van der Waals surface area contributed by atoms with Crippen LogP contribution in [-0.2, 0) is 6.54 Å². The molecule has 3 N–H and O–H groups in total. The van der Waals surface area contributed by atoms with E-state index in [0.29, 0.717) is 12.2 Å². The van der Waals surface area contributed by atoms with Crippen LogP contribution in [-0.4, -0.2) is 23.6 Å². The second-order valence-electron chi connectivity index (χ2n) is 4.97. The molecule has 20 heavy (non-hydrogen) atoms. The molecule has 1 unspecified atom stereocenters. The number of nitrogens with zero attached hydrogens (tertiary/aromatic N) is 1. The molecule has 3 nitrogen and oxygen atoms in total. The molecule has 0 aliphatic heterocycles. The van der Waals surface area contributed by atoms with Gasteiger partial charge >= 0.3 is 0 Å². The predicted molar refractivity (Wildman–Crippen MR) is 83.6 cm³/mol. The summed E-state index contributed by atoms with van der Waals surface area (Å²) in [4.78, 5) is 2.04. The van der Waals surface area contributed by atoms with Gasteiger partial charge in [0.05, 0.1) is 6.10 Å². The first kappa shape index (κ1) is 14.9. The van der Waals surface area contributed by atoms with Crippen molar-refractivity contribution in [2.24, 2.45) is 0 Å². The fourth-order valence-corrected chi connectivity index (χ4v) is 2.43. The van der Waals surface area contributed by atoms with Crippen LogP contribution < -0.4 is 5.73 Å². The summed E-state index contributed by atoms with van der Waals surface area (Å²) >= 11 is 5.97. The van der Waals surface area contributed by atoms with E-state index in [1.807, 2.05) is 54.4 Å². The van der Waals surface area contributed by atoms with Gasteiger partial charge in [-0.3, -0.25) is 4.90 Å². The molecule has 0 aliphatic carbocycles. The van der Waals surface area contributed by atoms with Crippen molar-refractivity contribution in [2.45, 2.75) is 12.6 Å².